The van der Waals surface area contributed by atoms with Crippen molar-refractivity contribution >= 4 is 6.09 Å². The van der Waals surface area contributed by atoms with Gasteiger partial charge >= 0.3 is 6.09 Å². The highest BCUT2D eigenvalue weighted by atomic mass is 16.7. The van der Waals surface area contributed by atoms with E-state index in [0.717, 1.165) is 0 Å². The lowest BCUT2D eigenvalue weighted by molar-refractivity contribution is 0.167. The Balaban J connectivity index is 2.04. The second-order valence-electron chi connectivity index (χ2n) is 3.40. The number of carbonyl (C=O) groups is 1. The molecule has 88 valence electrons. The van der Waals surface area contributed by atoms with Gasteiger partial charge in [0.1, 0.15) is 12.3 Å². The minimum Gasteiger partial charge on any atom is -0.454 e. The van der Waals surface area contributed by atoms with Gasteiger partial charge in [-0.3, -0.25) is 4.90 Å². The van der Waals surface area contributed by atoms with Gasteiger partial charge in [0.25, 0.3) is 0 Å². The lowest BCUT2D eigenvalue weighted by atomic mass is 10.3. The summed E-state index contributed by atoms with van der Waals surface area (Å²) in [6.45, 7) is 0.143. The molecular formula is C11H10N2O4. The van der Waals surface area contributed by atoms with Gasteiger partial charge < -0.3 is 14.2 Å². The third-order valence-electron chi connectivity index (χ3n) is 2.17. The zero-order chi connectivity index (χ0) is 12.3. The first-order valence-electron chi connectivity index (χ1n) is 4.90. The number of amides is 1. The highest BCUT2D eigenvalue weighted by Gasteiger charge is 2.16. The molecule has 0 N–H and O–H groups in total. The van der Waals surface area contributed by atoms with E-state index in [1.807, 2.05) is 6.07 Å². The van der Waals surface area contributed by atoms with E-state index in [9.17, 15) is 4.79 Å². The summed E-state index contributed by atoms with van der Waals surface area (Å²) in [4.78, 5) is 12.7. The summed E-state index contributed by atoms with van der Waals surface area (Å²) >= 11 is 0. The fourth-order valence-electron chi connectivity index (χ4n) is 1.29. The number of fused-ring (bicyclic) bond motifs is 1. The summed E-state index contributed by atoms with van der Waals surface area (Å²) in [5.41, 5.74) is 0. The maximum Gasteiger partial charge on any atom is 0.415 e. The van der Waals surface area contributed by atoms with Crippen LogP contribution in [0.5, 0.6) is 17.2 Å². The lowest BCUT2D eigenvalue weighted by Crippen LogP contribution is -2.29. The van der Waals surface area contributed by atoms with Crippen molar-refractivity contribution in [2.24, 2.45) is 0 Å². The molecule has 1 aromatic carbocycles. The molecule has 0 aromatic heterocycles. The minimum absolute atomic E-state index is 0.0244. The van der Waals surface area contributed by atoms with Crippen molar-refractivity contribution < 1.29 is 19.0 Å². The number of ether oxygens (including phenoxy) is 3. The maximum atomic E-state index is 11.5. The van der Waals surface area contributed by atoms with Crippen LogP contribution in [0.15, 0.2) is 18.2 Å². The van der Waals surface area contributed by atoms with E-state index >= 15 is 0 Å². The first kappa shape index (κ1) is 11.1. The number of carbonyl (C=O) groups excluding carboxylic acids is 1. The van der Waals surface area contributed by atoms with Gasteiger partial charge in [0.05, 0.1) is 6.07 Å². The van der Waals surface area contributed by atoms with Gasteiger partial charge in [-0.25, -0.2) is 4.79 Å². The van der Waals surface area contributed by atoms with Crippen molar-refractivity contribution in [3.05, 3.63) is 18.2 Å². The van der Waals surface area contributed by atoms with E-state index < -0.39 is 6.09 Å². The van der Waals surface area contributed by atoms with E-state index in [4.69, 9.17) is 19.5 Å². The SMILES string of the molecule is CN(CC#N)C(=O)Oc1ccc2c(c1)OCO2. The number of rotatable bonds is 2. The molecule has 0 unspecified atom stereocenters. The molecule has 0 atom stereocenters. The Bertz CT molecular complexity index is 481. The highest BCUT2D eigenvalue weighted by Crippen LogP contribution is 2.35. The van der Waals surface area contributed by atoms with Crippen molar-refractivity contribution in [1.29, 1.82) is 5.26 Å². The van der Waals surface area contributed by atoms with Gasteiger partial charge in [0.15, 0.2) is 11.5 Å². The fraction of sp³-hybridized carbons (Fsp3) is 0.273. The van der Waals surface area contributed by atoms with Crippen LogP contribution in [-0.4, -0.2) is 31.4 Å². The van der Waals surface area contributed by atoms with Gasteiger partial charge in [-0.1, -0.05) is 0 Å². The Morgan fingerprint density at radius 1 is 1.53 bits per heavy atom. The van der Waals surface area contributed by atoms with E-state index in [1.54, 1.807) is 18.2 Å². The second kappa shape index (κ2) is 4.61. The first-order chi connectivity index (χ1) is 8.20. The van der Waals surface area contributed by atoms with E-state index in [-0.39, 0.29) is 13.3 Å². The van der Waals surface area contributed by atoms with Crippen LogP contribution in [0.2, 0.25) is 0 Å². The molecule has 1 heterocycles. The molecule has 2 rings (SSSR count). The number of benzene rings is 1. The minimum atomic E-state index is -0.592. The molecule has 0 radical (unpaired) electrons. The molecule has 17 heavy (non-hydrogen) atoms. The number of nitriles is 1. The second-order valence-corrected chi connectivity index (χ2v) is 3.40. The molecule has 0 saturated carbocycles. The van der Waals surface area contributed by atoms with Crippen LogP contribution >= 0.6 is 0 Å². The third-order valence-corrected chi connectivity index (χ3v) is 2.17. The molecule has 0 bridgehead atoms. The molecule has 1 amide bonds. The van der Waals surface area contributed by atoms with Gasteiger partial charge in [-0.15, -0.1) is 0 Å². The monoisotopic (exact) mass is 234 g/mol. The normalized spacial score (nSPS) is 11.8. The van der Waals surface area contributed by atoms with Crippen LogP contribution < -0.4 is 14.2 Å². The van der Waals surface area contributed by atoms with Crippen LogP contribution in [0.1, 0.15) is 0 Å². The van der Waals surface area contributed by atoms with Crippen LogP contribution in [0.25, 0.3) is 0 Å². The van der Waals surface area contributed by atoms with Crippen LogP contribution in [-0.2, 0) is 0 Å². The Kier molecular flexibility index (Phi) is 3.01. The summed E-state index contributed by atoms with van der Waals surface area (Å²) in [6.07, 6.45) is -0.592. The summed E-state index contributed by atoms with van der Waals surface area (Å²) in [5, 5.41) is 8.44. The summed E-state index contributed by atoms with van der Waals surface area (Å²) in [6, 6.07) is 6.69. The zero-order valence-corrected chi connectivity index (χ0v) is 9.17. The van der Waals surface area contributed by atoms with Gasteiger partial charge in [-0.05, 0) is 12.1 Å². The van der Waals surface area contributed by atoms with Crippen molar-refractivity contribution in [2.75, 3.05) is 20.4 Å². The summed E-state index contributed by atoms with van der Waals surface area (Å²) in [7, 11) is 1.48. The first-order valence-corrected chi connectivity index (χ1v) is 4.90. The van der Waals surface area contributed by atoms with Gasteiger partial charge in [-0.2, -0.15) is 5.26 Å². The molecule has 1 aliphatic heterocycles. The lowest BCUT2D eigenvalue weighted by Gasteiger charge is -2.12. The Hall–Kier alpha value is -2.42. The average Bonchev–Trinajstić information content (AvgIpc) is 2.76. The third kappa shape index (κ3) is 2.39. The fourth-order valence-corrected chi connectivity index (χ4v) is 1.29. The van der Waals surface area contributed by atoms with Crippen molar-refractivity contribution in [3.8, 4) is 23.3 Å². The van der Waals surface area contributed by atoms with Crippen molar-refractivity contribution in [1.82, 2.24) is 4.90 Å². The van der Waals surface area contributed by atoms with Crippen LogP contribution in [0, 0.1) is 11.3 Å². The molecule has 0 fully saturated rings. The highest BCUT2D eigenvalue weighted by molar-refractivity contribution is 5.71. The molecule has 0 aliphatic carbocycles. The predicted octanol–water partition coefficient (Wildman–Crippen LogP) is 1.37. The molecule has 1 aromatic rings. The van der Waals surface area contributed by atoms with Gasteiger partial charge in [0.2, 0.25) is 6.79 Å². The van der Waals surface area contributed by atoms with Crippen molar-refractivity contribution in [2.45, 2.75) is 0 Å². The number of hydrogen-bond donors (Lipinski definition) is 0. The Morgan fingerprint density at radius 3 is 3.06 bits per heavy atom. The zero-order valence-electron chi connectivity index (χ0n) is 9.17. The van der Waals surface area contributed by atoms with E-state index in [0.29, 0.717) is 17.2 Å². The van der Waals surface area contributed by atoms with Gasteiger partial charge in [0, 0.05) is 13.1 Å². The maximum absolute atomic E-state index is 11.5. The number of hydrogen-bond acceptors (Lipinski definition) is 5. The molecular weight excluding hydrogens is 224 g/mol. The smallest absolute Gasteiger partial charge is 0.415 e. The molecule has 6 heteroatoms. The molecule has 0 saturated heterocycles. The topological polar surface area (TPSA) is 71.8 Å². The molecule has 1 aliphatic rings. The van der Waals surface area contributed by atoms with Crippen LogP contribution in [0.3, 0.4) is 0 Å². The average molecular weight is 234 g/mol. The number of nitrogens with zero attached hydrogens (tertiary/aromatic N) is 2. The Labute approximate surface area is 97.9 Å². The van der Waals surface area contributed by atoms with E-state index in [1.165, 1.54) is 11.9 Å². The summed E-state index contributed by atoms with van der Waals surface area (Å²) in [5.74, 6) is 1.51. The Morgan fingerprint density at radius 2 is 2.29 bits per heavy atom. The van der Waals surface area contributed by atoms with Crippen molar-refractivity contribution in [3.63, 3.8) is 0 Å². The quantitative estimate of drug-likeness (QED) is 0.722. The predicted molar refractivity (Wildman–Crippen MR) is 56.8 cm³/mol. The largest absolute Gasteiger partial charge is 0.454 e. The summed E-state index contributed by atoms with van der Waals surface area (Å²) < 4.78 is 15.3. The molecule has 6 nitrogen and oxygen atoms in total. The van der Waals surface area contributed by atoms with E-state index in [2.05, 4.69) is 0 Å². The van der Waals surface area contributed by atoms with Crippen LogP contribution in [0.4, 0.5) is 4.79 Å². The standard InChI is InChI=1S/C11H10N2O4/c1-13(5-4-12)11(14)17-8-2-3-9-10(6-8)16-7-15-9/h2-3,6H,5,7H2,1H3. The molecule has 0 spiro atoms.